The van der Waals surface area contributed by atoms with Gasteiger partial charge in [-0.15, -0.1) is 0 Å². The highest BCUT2D eigenvalue weighted by Crippen LogP contribution is 2.42. The fraction of sp³-hybridized carbons (Fsp3) is 0.810. The molecule has 4 heterocycles. The van der Waals surface area contributed by atoms with E-state index in [0.717, 1.165) is 37.0 Å². The van der Waals surface area contributed by atoms with Crippen molar-refractivity contribution < 1.29 is 22.7 Å². The van der Waals surface area contributed by atoms with Gasteiger partial charge in [0.05, 0.1) is 17.8 Å². The smallest absolute Gasteiger partial charge is 0.378 e. The van der Waals surface area contributed by atoms with Gasteiger partial charge in [-0.05, 0) is 44.4 Å². The van der Waals surface area contributed by atoms with E-state index in [4.69, 9.17) is 4.74 Å². The van der Waals surface area contributed by atoms with E-state index in [2.05, 4.69) is 10.4 Å². The fourth-order valence-electron chi connectivity index (χ4n) is 4.89. The van der Waals surface area contributed by atoms with Crippen LogP contribution >= 0.6 is 0 Å². The highest BCUT2D eigenvalue weighted by atomic mass is 19.4. The van der Waals surface area contributed by atoms with Crippen LogP contribution in [-0.4, -0.2) is 52.1 Å². The molecule has 2 saturated heterocycles. The molecule has 2 unspecified atom stereocenters. The van der Waals surface area contributed by atoms with Crippen LogP contribution in [0.25, 0.3) is 0 Å². The third-order valence-electron chi connectivity index (χ3n) is 6.66. The normalized spacial score (nSPS) is 29.3. The van der Waals surface area contributed by atoms with Crippen molar-refractivity contribution in [2.45, 2.75) is 89.2 Å². The summed E-state index contributed by atoms with van der Waals surface area (Å²) in [6.45, 7) is 5.23. The number of carbonyl (C=O) groups is 1. The van der Waals surface area contributed by atoms with Crippen LogP contribution in [0.5, 0.6) is 0 Å². The van der Waals surface area contributed by atoms with Gasteiger partial charge in [-0.2, -0.15) is 18.3 Å². The predicted octanol–water partition coefficient (Wildman–Crippen LogP) is 4.45. The van der Waals surface area contributed by atoms with E-state index >= 15 is 0 Å². The zero-order valence-electron chi connectivity index (χ0n) is 17.6. The summed E-state index contributed by atoms with van der Waals surface area (Å²) in [6.07, 6.45) is 0.463. The SMILES string of the molecule is CC(C)[C@@H]1C[C@H](C(F)(F)F)n2nc(C3CCCN3C(=O)CCC3CCCO3)cc2N1. The molecule has 3 aliphatic rings. The molecular weight excluding hydrogens is 397 g/mol. The van der Waals surface area contributed by atoms with Gasteiger partial charge in [0.1, 0.15) is 5.82 Å². The molecule has 30 heavy (non-hydrogen) atoms. The summed E-state index contributed by atoms with van der Waals surface area (Å²) < 4.78 is 47.9. The van der Waals surface area contributed by atoms with Gasteiger partial charge in [-0.3, -0.25) is 4.79 Å². The lowest BCUT2D eigenvalue weighted by molar-refractivity contribution is -0.174. The molecule has 6 nitrogen and oxygen atoms in total. The number of likely N-dealkylation sites (tertiary alicyclic amines) is 1. The van der Waals surface area contributed by atoms with Crippen molar-refractivity contribution in [1.82, 2.24) is 14.7 Å². The van der Waals surface area contributed by atoms with Crippen molar-refractivity contribution in [2.24, 2.45) is 5.92 Å². The zero-order valence-corrected chi connectivity index (χ0v) is 17.6. The molecule has 3 aliphatic heterocycles. The maximum Gasteiger partial charge on any atom is 0.410 e. The molecule has 0 aromatic carbocycles. The first-order valence-electron chi connectivity index (χ1n) is 11.1. The Morgan fingerprint density at radius 1 is 1.33 bits per heavy atom. The van der Waals surface area contributed by atoms with Gasteiger partial charge in [-0.25, -0.2) is 4.68 Å². The van der Waals surface area contributed by atoms with Crippen LogP contribution in [0.1, 0.15) is 76.6 Å². The highest BCUT2D eigenvalue weighted by Gasteiger charge is 2.47. The minimum absolute atomic E-state index is 0.0377. The number of anilines is 1. The first kappa shape index (κ1) is 21.5. The van der Waals surface area contributed by atoms with E-state index in [1.54, 1.807) is 11.0 Å². The lowest BCUT2D eigenvalue weighted by Gasteiger charge is -2.35. The molecule has 0 bridgehead atoms. The summed E-state index contributed by atoms with van der Waals surface area (Å²) in [5.74, 6) is 0.514. The van der Waals surface area contributed by atoms with Crippen LogP contribution in [0, 0.1) is 5.92 Å². The lowest BCUT2D eigenvalue weighted by atomic mass is 9.94. The molecule has 4 rings (SSSR count). The van der Waals surface area contributed by atoms with Gasteiger partial charge in [0, 0.05) is 31.7 Å². The molecule has 168 valence electrons. The van der Waals surface area contributed by atoms with E-state index in [1.807, 2.05) is 13.8 Å². The topological polar surface area (TPSA) is 59.4 Å². The fourth-order valence-corrected chi connectivity index (χ4v) is 4.89. The van der Waals surface area contributed by atoms with Crippen LogP contribution in [-0.2, 0) is 9.53 Å². The average Bonchev–Trinajstić information content (AvgIpc) is 3.43. The summed E-state index contributed by atoms with van der Waals surface area (Å²) in [5, 5.41) is 7.59. The lowest BCUT2D eigenvalue weighted by Crippen LogP contribution is -2.41. The Bertz CT molecular complexity index is 758. The van der Waals surface area contributed by atoms with Crippen molar-refractivity contribution in [3.63, 3.8) is 0 Å². The molecule has 0 saturated carbocycles. The number of nitrogens with one attached hydrogen (secondary N) is 1. The first-order chi connectivity index (χ1) is 14.2. The number of fused-ring (bicyclic) bond motifs is 1. The molecule has 1 aromatic heterocycles. The van der Waals surface area contributed by atoms with Crippen LogP contribution in [0.4, 0.5) is 19.0 Å². The predicted molar refractivity (Wildman–Crippen MR) is 106 cm³/mol. The molecule has 2 fully saturated rings. The van der Waals surface area contributed by atoms with Crippen LogP contribution in [0.3, 0.4) is 0 Å². The summed E-state index contributed by atoms with van der Waals surface area (Å²) >= 11 is 0. The average molecular weight is 428 g/mol. The van der Waals surface area contributed by atoms with Crippen LogP contribution < -0.4 is 5.32 Å². The molecular formula is C21H31F3N4O2. The molecule has 0 radical (unpaired) electrons. The number of hydrogen-bond donors (Lipinski definition) is 1. The van der Waals surface area contributed by atoms with Crippen molar-refractivity contribution in [3.05, 3.63) is 11.8 Å². The van der Waals surface area contributed by atoms with E-state index < -0.39 is 12.2 Å². The molecule has 4 atom stereocenters. The van der Waals surface area contributed by atoms with Gasteiger partial charge in [0.25, 0.3) is 0 Å². The van der Waals surface area contributed by atoms with Crippen molar-refractivity contribution in [1.29, 1.82) is 0 Å². The number of alkyl halides is 3. The minimum Gasteiger partial charge on any atom is -0.378 e. The van der Waals surface area contributed by atoms with Gasteiger partial charge in [0.15, 0.2) is 6.04 Å². The summed E-state index contributed by atoms with van der Waals surface area (Å²) in [5.41, 5.74) is 0.555. The number of halogens is 3. The zero-order chi connectivity index (χ0) is 21.5. The molecule has 0 spiro atoms. The summed E-state index contributed by atoms with van der Waals surface area (Å²) in [4.78, 5) is 14.6. The van der Waals surface area contributed by atoms with Gasteiger partial charge in [0.2, 0.25) is 5.91 Å². The Labute approximate surface area is 175 Å². The maximum atomic E-state index is 13.7. The quantitative estimate of drug-likeness (QED) is 0.753. The number of amides is 1. The van der Waals surface area contributed by atoms with Gasteiger partial charge < -0.3 is 15.0 Å². The molecule has 9 heteroatoms. The van der Waals surface area contributed by atoms with E-state index in [1.165, 1.54) is 0 Å². The number of carbonyl (C=O) groups excluding carboxylic acids is 1. The van der Waals surface area contributed by atoms with Gasteiger partial charge >= 0.3 is 6.18 Å². The van der Waals surface area contributed by atoms with Crippen molar-refractivity contribution >= 4 is 11.7 Å². The molecule has 0 aliphatic carbocycles. The van der Waals surface area contributed by atoms with Crippen LogP contribution in [0.2, 0.25) is 0 Å². The Kier molecular flexibility index (Phi) is 6.01. The second kappa shape index (κ2) is 8.40. The molecule has 1 amide bonds. The summed E-state index contributed by atoms with van der Waals surface area (Å²) in [6, 6.07) is -0.446. The Morgan fingerprint density at radius 2 is 2.13 bits per heavy atom. The van der Waals surface area contributed by atoms with E-state index in [9.17, 15) is 18.0 Å². The maximum absolute atomic E-state index is 13.7. The standard InChI is InChI=1S/C21H31F3N4O2/c1-13(2)15-11-18(21(22,23)24)28-19(25-15)12-16(26-28)17-6-3-9-27(17)20(29)8-7-14-5-4-10-30-14/h12-15,17-18,25H,3-11H2,1-2H3/t14?,15-,17?,18+/m0/s1. The Morgan fingerprint density at radius 3 is 2.80 bits per heavy atom. The van der Waals surface area contributed by atoms with Crippen molar-refractivity contribution in [2.75, 3.05) is 18.5 Å². The van der Waals surface area contributed by atoms with E-state index in [-0.39, 0.29) is 36.4 Å². The highest BCUT2D eigenvalue weighted by molar-refractivity contribution is 5.77. The minimum atomic E-state index is -4.36. The number of hydrogen-bond acceptors (Lipinski definition) is 4. The second-order valence-electron chi connectivity index (χ2n) is 9.11. The number of rotatable bonds is 5. The Balaban J connectivity index is 1.51. The number of aromatic nitrogens is 2. The van der Waals surface area contributed by atoms with E-state index in [0.29, 0.717) is 30.9 Å². The third kappa shape index (κ3) is 4.31. The number of ether oxygens (including phenoxy) is 1. The Hall–Kier alpha value is -1.77. The van der Waals surface area contributed by atoms with Crippen LogP contribution in [0.15, 0.2) is 6.07 Å². The van der Waals surface area contributed by atoms with Crippen molar-refractivity contribution in [3.8, 4) is 0 Å². The largest absolute Gasteiger partial charge is 0.410 e. The third-order valence-corrected chi connectivity index (χ3v) is 6.66. The second-order valence-corrected chi connectivity index (χ2v) is 9.11. The molecule has 1 aromatic rings. The monoisotopic (exact) mass is 428 g/mol. The molecule has 1 N–H and O–H groups in total. The first-order valence-corrected chi connectivity index (χ1v) is 11.1. The summed E-state index contributed by atoms with van der Waals surface area (Å²) in [7, 11) is 0. The number of nitrogens with zero attached hydrogens (tertiary/aromatic N) is 3. The van der Waals surface area contributed by atoms with Gasteiger partial charge in [-0.1, -0.05) is 13.8 Å².